The number of aliphatic hydroxyl groups is 2. The van der Waals surface area contributed by atoms with E-state index in [0.29, 0.717) is 0 Å². The van der Waals surface area contributed by atoms with Gasteiger partial charge in [0, 0.05) is 13.1 Å². The van der Waals surface area contributed by atoms with E-state index in [1.165, 1.54) is 0 Å². The Morgan fingerprint density at radius 2 is 1.56 bits per heavy atom. The van der Waals surface area contributed by atoms with Crippen molar-refractivity contribution >= 4 is 0 Å². The summed E-state index contributed by atoms with van der Waals surface area (Å²) in [6.07, 6.45) is -12.5. The predicted molar refractivity (Wildman–Crippen MR) is 41.6 cm³/mol. The highest BCUT2D eigenvalue weighted by molar-refractivity contribution is 4.72. The summed E-state index contributed by atoms with van der Waals surface area (Å²) in [5.74, 6) is 0. The molecule has 3 nitrogen and oxygen atoms in total. The van der Waals surface area contributed by atoms with Crippen LogP contribution in [0.4, 0.5) is 26.3 Å². The van der Waals surface area contributed by atoms with E-state index >= 15 is 0 Å². The molecule has 0 aromatic carbocycles. The molecule has 0 radical (unpaired) electrons. The zero-order valence-corrected chi connectivity index (χ0v) is 8.02. The first-order valence-electron chi connectivity index (χ1n) is 4.21. The second kappa shape index (κ2) is 5.69. The fourth-order valence-electron chi connectivity index (χ4n) is 0.978. The quantitative estimate of drug-likeness (QED) is 0.713. The van der Waals surface area contributed by atoms with Crippen molar-refractivity contribution in [3.8, 4) is 0 Å². The Balaban J connectivity index is 4.34. The lowest BCUT2D eigenvalue weighted by molar-refractivity contribution is -0.214. The van der Waals surface area contributed by atoms with Crippen LogP contribution < -0.4 is 0 Å². The smallest absolute Gasteiger partial charge is 0.395 e. The summed E-state index contributed by atoms with van der Waals surface area (Å²) in [6, 6.07) is 0. The molecule has 0 aliphatic rings. The van der Waals surface area contributed by atoms with Gasteiger partial charge in [0.05, 0.1) is 13.2 Å². The van der Waals surface area contributed by atoms with Gasteiger partial charge in [-0.25, -0.2) is 0 Å². The number of alkyl halides is 6. The minimum absolute atomic E-state index is 0.290. The van der Waals surface area contributed by atoms with Gasteiger partial charge >= 0.3 is 12.4 Å². The number of hydrogen-bond acceptors (Lipinski definition) is 3. The third-order valence-corrected chi connectivity index (χ3v) is 1.63. The molecule has 0 rings (SSSR count). The summed E-state index contributed by atoms with van der Waals surface area (Å²) in [7, 11) is 0. The maximum atomic E-state index is 11.9. The SMILES string of the molecule is OCCN(CC(O)C(F)(F)F)CC(F)(F)F. The maximum absolute atomic E-state index is 11.9. The molecule has 98 valence electrons. The molecule has 9 heteroatoms. The second-order valence-electron chi connectivity index (χ2n) is 3.13. The van der Waals surface area contributed by atoms with Gasteiger partial charge in [0.25, 0.3) is 0 Å². The Labute approximate surface area is 87.3 Å². The molecule has 1 atom stereocenters. The Bertz CT molecular complexity index is 204. The highest BCUT2D eigenvalue weighted by atomic mass is 19.4. The fourth-order valence-corrected chi connectivity index (χ4v) is 0.978. The number of nitrogens with zero attached hydrogens (tertiary/aromatic N) is 1. The third-order valence-electron chi connectivity index (χ3n) is 1.63. The standard InChI is InChI=1S/C7H11F6NO2/c8-6(9,10)4-14(1-2-15)3-5(16)7(11,12)13/h5,15-16H,1-4H2. The van der Waals surface area contributed by atoms with Crippen LogP contribution in [0.2, 0.25) is 0 Å². The summed E-state index contributed by atoms with van der Waals surface area (Å²) in [5, 5.41) is 16.9. The van der Waals surface area contributed by atoms with Gasteiger partial charge in [0.2, 0.25) is 0 Å². The molecule has 16 heavy (non-hydrogen) atoms. The summed E-state index contributed by atoms with van der Waals surface area (Å²) >= 11 is 0. The van der Waals surface area contributed by atoms with E-state index in [4.69, 9.17) is 10.2 Å². The van der Waals surface area contributed by atoms with Gasteiger partial charge in [-0.3, -0.25) is 4.90 Å². The van der Waals surface area contributed by atoms with Crippen LogP contribution in [0.3, 0.4) is 0 Å². The number of hydrogen-bond donors (Lipinski definition) is 2. The molecule has 2 N–H and O–H groups in total. The van der Waals surface area contributed by atoms with E-state index in [-0.39, 0.29) is 4.90 Å². The summed E-state index contributed by atoms with van der Waals surface area (Å²) in [6.45, 7) is -4.14. The van der Waals surface area contributed by atoms with Crippen molar-refractivity contribution in [2.24, 2.45) is 0 Å². The van der Waals surface area contributed by atoms with Crippen LogP contribution in [0.1, 0.15) is 0 Å². The first kappa shape index (κ1) is 15.5. The molecule has 0 aliphatic heterocycles. The molecular weight excluding hydrogens is 244 g/mol. The number of halogens is 6. The zero-order valence-electron chi connectivity index (χ0n) is 8.02. The molecule has 0 spiro atoms. The lowest BCUT2D eigenvalue weighted by atomic mass is 10.3. The molecule has 0 heterocycles. The average molecular weight is 255 g/mol. The first-order valence-corrected chi connectivity index (χ1v) is 4.21. The van der Waals surface area contributed by atoms with Gasteiger partial charge in [0.1, 0.15) is 0 Å². The van der Waals surface area contributed by atoms with Crippen LogP contribution in [-0.4, -0.2) is 59.8 Å². The number of aliphatic hydroxyl groups excluding tert-OH is 2. The van der Waals surface area contributed by atoms with E-state index in [2.05, 4.69) is 0 Å². The van der Waals surface area contributed by atoms with Gasteiger partial charge in [-0.1, -0.05) is 0 Å². The highest BCUT2D eigenvalue weighted by Crippen LogP contribution is 2.22. The fraction of sp³-hybridized carbons (Fsp3) is 1.00. The van der Waals surface area contributed by atoms with E-state index in [0.717, 1.165) is 0 Å². The Kier molecular flexibility index (Phi) is 5.50. The van der Waals surface area contributed by atoms with Crippen molar-refractivity contribution in [1.29, 1.82) is 0 Å². The maximum Gasteiger partial charge on any atom is 0.415 e. The molecule has 0 bridgehead atoms. The third kappa shape index (κ3) is 6.85. The van der Waals surface area contributed by atoms with Crippen LogP contribution in [0, 0.1) is 0 Å². The second-order valence-corrected chi connectivity index (χ2v) is 3.13. The minimum Gasteiger partial charge on any atom is -0.395 e. The van der Waals surface area contributed by atoms with Crippen molar-refractivity contribution in [2.75, 3.05) is 26.2 Å². The van der Waals surface area contributed by atoms with Crippen molar-refractivity contribution in [3.63, 3.8) is 0 Å². The molecule has 0 amide bonds. The van der Waals surface area contributed by atoms with E-state index in [9.17, 15) is 26.3 Å². The molecule has 0 fully saturated rings. The van der Waals surface area contributed by atoms with Gasteiger partial charge in [-0.05, 0) is 0 Å². The van der Waals surface area contributed by atoms with Crippen molar-refractivity contribution in [1.82, 2.24) is 4.90 Å². The molecule has 0 saturated heterocycles. The lowest BCUT2D eigenvalue weighted by Crippen LogP contribution is -2.45. The Morgan fingerprint density at radius 1 is 1.06 bits per heavy atom. The Hall–Kier alpha value is -0.540. The molecule has 0 aromatic rings. The van der Waals surface area contributed by atoms with E-state index < -0.39 is 44.7 Å². The first-order chi connectivity index (χ1) is 7.06. The van der Waals surface area contributed by atoms with Crippen molar-refractivity contribution < 1.29 is 36.6 Å². The van der Waals surface area contributed by atoms with E-state index in [1.54, 1.807) is 0 Å². The average Bonchev–Trinajstić information content (AvgIpc) is 1.99. The Morgan fingerprint density at radius 3 is 1.88 bits per heavy atom. The van der Waals surface area contributed by atoms with Gasteiger partial charge in [-0.15, -0.1) is 0 Å². The van der Waals surface area contributed by atoms with Crippen molar-refractivity contribution in [2.45, 2.75) is 18.5 Å². The highest BCUT2D eigenvalue weighted by Gasteiger charge is 2.40. The van der Waals surface area contributed by atoms with Crippen LogP contribution in [0.25, 0.3) is 0 Å². The number of rotatable bonds is 5. The molecule has 0 saturated carbocycles. The monoisotopic (exact) mass is 255 g/mol. The van der Waals surface area contributed by atoms with Gasteiger partial charge < -0.3 is 10.2 Å². The van der Waals surface area contributed by atoms with Crippen LogP contribution in [0.15, 0.2) is 0 Å². The zero-order chi connectivity index (χ0) is 13.0. The predicted octanol–water partition coefficient (Wildman–Crippen LogP) is 0.766. The molecule has 0 aromatic heterocycles. The topological polar surface area (TPSA) is 43.7 Å². The minimum atomic E-state index is -4.97. The molecule has 0 aliphatic carbocycles. The lowest BCUT2D eigenvalue weighted by Gasteiger charge is -2.26. The van der Waals surface area contributed by atoms with Crippen LogP contribution in [0.5, 0.6) is 0 Å². The van der Waals surface area contributed by atoms with Crippen LogP contribution >= 0.6 is 0 Å². The molecular formula is C7H11F6NO2. The summed E-state index contributed by atoms with van der Waals surface area (Å²) < 4.78 is 71.3. The largest absolute Gasteiger partial charge is 0.415 e. The van der Waals surface area contributed by atoms with Gasteiger partial charge in [0.15, 0.2) is 6.10 Å². The summed E-state index contributed by atoms with van der Waals surface area (Å²) in [4.78, 5) is 0.290. The van der Waals surface area contributed by atoms with Gasteiger partial charge in [-0.2, -0.15) is 26.3 Å². The van der Waals surface area contributed by atoms with Crippen LogP contribution in [-0.2, 0) is 0 Å². The van der Waals surface area contributed by atoms with E-state index in [1.807, 2.05) is 0 Å². The molecule has 1 unspecified atom stereocenters. The normalized spacial score (nSPS) is 15.6. The van der Waals surface area contributed by atoms with Crippen molar-refractivity contribution in [3.05, 3.63) is 0 Å². The summed E-state index contributed by atoms with van der Waals surface area (Å²) in [5.41, 5.74) is 0.